The molecule has 2 aromatic heterocycles. The lowest BCUT2D eigenvalue weighted by molar-refractivity contribution is 1.18. The van der Waals surface area contributed by atoms with Crippen molar-refractivity contribution in [2.24, 2.45) is 0 Å². The molecule has 0 atom stereocenters. The summed E-state index contributed by atoms with van der Waals surface area (Å²) < 4.78 is 2.42. The zero-order chi connectivity index (χ0) is 41.2. The van der Waals surface area contributed by atoms with E-state index < -0.39 is 0 Å². The minimum absolute atomic E-state index is 1.12. The van der Waals surface area contributed by atoms with Crippen LogP contribution in [0.5, 0.6) is 0 Å². The average molecular weight is 797 g/mol. The van der Waals surface area contributed by atoms with Crippen LogP contribution in [0, 0.1) is 0 Å². The van der Waals surface area contributed by atoms with Gasteiger partial charge in [0.15, 0.2) is 0 Å². The monoisotopic (exact) mass is 796 g/mol. The largest absolute Gasteiger partial charge is 0.309 e. The van der Waals surface area contributed by atoms with Crippen LogP contribution in [0.1, 0.15) is 0 Å². The van der Waals surface area contributed by atoms with Crippen LogP contribution < -0.4 is 0 Å². The van der Waals surface area contributed by atoms with Gasteiger partial charge in [0.25, 0.3) is 0 Å². The molecule has 0 aliphatic heterocycles. The predicted octanol–water partition coefficient (Wildman–Crippen LogP) is 16.6. The predicted molar refractivity (Wildman–Crippen MR) is 267 cm³/mol. The van der Waals surface area contributed by atoms with Gasteiger partial charge < -0.3 is 4.57 Å². The highest BCUT2D eigenvalue weighted by Crippen LogP contribution is 2.58. The van der Waals surface area contributed by atoms with Crippen molar-refractivity contribution in [2.75, 3.05) is 0 Å². The Kier molecular flexibility index (Phi) is 7.14. The lowest BCUT2D eigenvalue weighted by Crippen LogP contribution is -1.94. The van der Waals surface area contributed by atoms with Gasteiger partial charge in [-0.1, -0.05) is 176 Å². The highest BCUT2D eigenvalue weighted by atomic mass is 15.0. The van der Waals surface area contributed by atoms with E-state index in [2.05, 4.69) is 216 Å². The number of fused-ring (bicyclic) bond motifs is 13. The molecule has 0 saturated carbocycles. The number of aromatic nitrogens is 2. The van der Waals surface area contributed by atoms with E-state index >= 15 is 0 Å². The van der Waals surface area contributed by atoms with Crippen molar-refractivity contribution in [3.05, 3.63) is 219 Å². The van der Waals surface area contributed by atoms with E-state index in [1.54, 1.807) is 0 Å². The molecule has 11 aromatic carbocycles. The fourth-order valence-corrected chi connectivity index (χ4v) is 11.2. The Bertz CT molecular complexity index is 3960. The van der Waals surface area contributed by atoms with Crippen LogP contribution in [-0.2, 0) is 0 Å². The van der Waals surface area contributed by atoms with Gasteiger partial charge in [-0.05, 0) is 140 Å². The molecule has 2 heteroatoms. The van der Waals surface area contributed by atoms with Gasteiger partial charge in [0.05, 0.1) is 11.0 Å². The summed E-state index contributed by atoms with van der Waals surface area (Å²) >= 11 is 0. The maximum Gasteiger partial charge on any atom is 0.0571 e. The average Bonchev–Trinajstić information content (AvgIpc) is 3.86. The van der Waals surface area contributed by atoms with Crippen molar-refractivity contribution in [3.8, 4) is 61.3 Å². The third kappa shape index (κ3) is 4.81. The van der Waals surface area contributed by atoms with E-state index in [4.69, 9.17) is 0 Å². The van der Waals surface area contributed by atoms with Gasteiger partial charge in [-0.2, -0.15) is 0 Å². The van der Waals surface area contributed by atoms with Crippen LogP contribution in [0.2, 0.25) is 0 Å². The summed E-state index contributed by atoms with van der Waals surface area (Å²) in [5, 5.41) is 15.1. The van der Waals surface area contributed by atoms with Gasteiger partial charge in [0.1, 0.15) is 0 Å². The third-order valence-electron chi connectivity index (χ3n) is 13.8. The zero-order valence-electron chi connectivity index (χ0n) is 34.2. The number of pyridine rings is 1. The number of rotatable bonds is 4. The van der Waals surface area contributed by atoms with E-state index in [1.165, 1.54) is 120 Å². The normalized spacial score (nSPS) is 12.1. The summed E-state index contributed by atoms with van der Waals surface area (Å²) in [7, 11) is 0. The van der Waals surface area contributed by atoms with Gasteiger partial charge in [0, 0.05) is 28.9 Å². The Balaban J connectivity index is 0.978. The van der Waals surface area contributed by atoms with E-state index in [-0.39, 0.29) is 0 Å². The molecule has 14 rings (SSSR count). The maximum absolute atomic E-state index is 4.63. The van der Waals surface area contributed by atoms with Crippen molar-refractivity contribution in [3.63, 3.8) is 0 Å². The number of benzene rings is 11. The SMILES string of the molecule is c1ccc(-c2c3c(c(-c4ccccc4)c4ccccc24)-c2ccc(-c4ccc(-n5c6ccncc6c6cc7c8ccccc8c8ccccc8c7cc65)cc4)c4cccc-3c24)cc1. The maximum atomic E-state index is 4.63. The summed E-state index contributed by atoms with van der Waals surface area (Å²) in [6.07, 6.45) is 3.94. The van der Waals surface area contributed by atoms with Gasteiger partial charge in [0.2, 0.25) is 0 Å². The molecule has 0 radical (unpaired) electrons. The summed E-state index contributed by atoms with van der Waals surface area (Å²) in [6.45, 7) is 0. The van der Waals surface area contributed by atoms with Crippen molar-refractivity contribution in [2.45, 2.75) is 0 Å². The fourth-order valence-electron chi connectivity index (χ4n) is 11.2. The zero-order valence-corrected chi connectivity index (χ0v) is 34.2. The summed E-state index contributed by atoms with van der Waals surface area (Å²) in [5.41, 5.74) is 16.2. The van der Waals surface area contributed by atoms with Gasteiger partial charge in [-0.15, -0.1) is 0 Å². The Hall–Kier alpha value is -8.33. The van der Waals surface area contributed by atoms with Gasteiger partial charge >= 0.3 is 0 Å². The molecule has 290 valence electrons. The van der Waals surface area contributed by atoms with Crippen molar-refractivity contribution >= 4 is 75.7 Å². The van der Waals surface area contributed by atoms with E-state index in [9.17, 15) is 0 Å². The van der Waals surface area contributed by atoms with Crippen LogP contribution in [0.15, 0.2) is 219 Å². The fraction of sp³-hybridized carbons (Fsp3) is 0. The molecular formula is C61H36N2. The summed E-state index contributed by atoms with van der Waals surface area (Å²) in [5.74, 6) is 0. The molecule has 0 spiro atoms. The Labute approximate surface area is 363 Å². The molecular weight excluding hydrogens is 761 g/mol. The Morgan fingerprint density at radius 3 is 1.41 bits per heavy atom. The molecule has 0 bridgehead atoms. The quantitative estimate of drug-likeness (QED) is 0.162. The van der Waals surface area contributed by atoms with Crippen LogP contribution in [0.4, 0.5) is 0 Å². The Morgan fingerprint density at radius 2 is 0.794 bits per heavy atom. The summed E-state index contributed by atoms with van der Waals surface area (Å²) in [6, 6.07) is 76.4. The molecule has 2 heterocycles. The van der Waals surface area contributed by atoms with E-state index in [0.29, 0.717) is 0 Å². The van der Waals surface area contributed by atoms with E-state index in [1.807, 2.05) is 12.4 Å². The standard InChI is InChI=1S/C61H36N2/c1-3-14-38(15-4-1)57-47-22-11-12-23-48(47)58(39-16-5-2-6-17-39)61-50-31-30-41(46-24-13-25-49(59(46)50)60(57)61)37-26-28-40(29-27-37)63-55-32-33-62-36-54(55)53-34-51-44-20-9-7-18-42(44)43-19-8-10-21-45(43)52(51)35-56(53)63/h1-36H. The highest BCUT2D eigenvalue weighted by molar-refractivity contribution is 6.30. The number of nitrogens with zero attached hydrogens (tertiary/aromatic N) is 2. The first-order valence-corrected chi connectivity index (χ1v) is 21.8. The first-order chi connectivity index (χ1) is 31.3. The van der Waals surface area contributed by atoms with Gasteiger partial charge in [-0.25, -0.2) is 0 Å². The second-order valence-corrected chi connectivity index (χ2v) is 16.9. The minimum atomic E-state index is 1.12. The minimum Gasteiger partial charge on any atom is -0.309 e. The lowest BCUT2D eigenvalue weighted by Gasteiger charge is -2.20. The van der Waals surface area contributed by atoms with E-state index in [0.717, 1.165) is 16.6 Å². The lowest BCUT2D eigenvalue weighted by atomic mass is 9.82. The molecule has 0 N–H and O–H groups in total. The molecule has 63 heavy (non-hydrogen) atoms. The van der Waals surface area contributed by atoms with Crippen molar-refractivity contribution in [1.82, 2.24) is 9.55 Å². The molecule has 0 unspecified atom stereocenters. The highest BCUT2D eigenvalue weighted by Gasteiger charge is 2.31. The molecule has 0 saturated heterocycles. The molecule has 1 aliphatic carbocycles. The van der Waals surface area contributed by atoms with Crippen molar-refractivity contribution < 1.29 is 0 Å². The van der Waals surface area contributed by atoms with Crippen LogP contribution in [-0.4, -0.2) is 9.55 Å². The molecule has 0 fully saturated rings. The first-order valence-electron chi connectivity index (χ1n) is 21.8. The third-order valence-corrected chi connectivity index (χ3v) is 13.8. The molecule has 2 nitrogen and oxygen atoms in total. The molecule has 0 amide bonds. The van der Waals surface area contributed by atoms with Crippen LogP contribution in [0.25, 0.3) is 137 Å². The van der Waals surface area contributed by atoms with Crippen LogP contribution >= 0.6 is 0 Å². The smallest absolute Gasteiger partial charge is 0.0571 e. The summed E-state index contributed by atoms with van der Waals surface area (Å²) in [4.78, 5) is 4.63. The second kappa shape index (κ2) is 13.1. The molecule has 1 aliphatic rings. The molecule has 13 aromatic rings. The van der Waals surface area contributed by atoms with Crippen molar-refractivity contribution in [1.29, 1.82) is 0 Å². The number of hydrogen-bond donors (Lipinski definition) is 0. The Morgan fingerprint density at radius 1 is 0.286 bits per heavy atom. The van der Waals surface area contributed by atoms with Crippen LogP contribution in [0.3, 0.4) is 0 Å². The second-order valence-electron chi connectivity index (χ2n) is 16.9. The number of hydrogen-bond acceptors (Lipinski definition) is 1. The topological polar surface area (TPSA) is 17.8 Å². The van der Waals surface area contributed by atoms with Gasteiger partial charge in [-0.3, -0.25) is 4.98 Å². The first kappa shape index (κ1) is 34.4.